The standard InChI is InChI=1S/C11H10BrClN2S/c12-8-3-1-2-7(6-8)10(15-14)11-9(13)4-5-16-11/h1-6,10,15H,14H2. The lowest BCUT2D eigenvalue weighted by molar-refractivity contribution is 0.646. The van der Waals surface area contributed by atoms with E-state index in [1.807, 2.05) is 35.7 Å². The molecule has 1 heterocycles. The highest BCUT2D eigenvalue weighted by atomic mass is 79.9. The highest BCUT2D eigenvalue weighted by Crippen LogP contribution is 2.33. The van der Waals surface area contributed by atoms with Gasteiger partial charge in [-0.1, -0.05) is 39.7 Å². The molecule has 0 saturated carbocycles. The van der Waals surface area contributed by atoms with Crippen molar-refractivity contribution in [1.29, 1.82) is 0 Å². The molecule has 0 saturated heterocycles. The van der Waals surface area contributed by atoms with Crippen LogP contribution in [0.25, 0.3) is 0 Å². The van der Waals surface area contributed by atoms with Crippen LogP contribution >= 0.6 is 38.9 Å². The lowest BCUT2D eigenvalue weighted by Crippen LogP contribution is -2.28. The molecular formula is C11H10BrClN2S. The molecule has 0 amide bonds. The molecule has 2 rings (SSSR count). The molecule has 1 atom stereocenters. The molecule has 2 nitrogen and oxygen atoms in total. The minimum absolute atomic E-state index is 0.0648. The molecule has 3 N–H and O–H groups in total. The van der Waals surface area contributed by atoms with Gasteiger partial charge in [0.1, 0.15) is 0 Å². The second-order valence-electron chi connectivity index (χ2n) is 3.29. The Labute approximate surface area is 112 Å². The van der Waals surface area contributed by atoms with E-state index in [-0.39, 0.29) is 6.04 Å². The van der Waals surface area contributed by atoms with Gasteiger partial charge in [0.25, 0.3) is 0 Å². The summed E-state index contributed by atoms with van der Waals surface area (Å²) in [4.78, 5) is 1.03. The average Bonchev–Trinajstić information content (AvgIpc) is 2.67. The second-order valence-corrected chi connectivity index (χ2v) is 5.56. The molecule has 1 unspecified atom stereocenters. The van der Waals surface area contributed by atoms with Crippen LogP contribution in [0.15, 0.2) is 40.2 Å². The van der Waals surface area contributed by atoms with Crippen molar-refractivity contribution in [2.75, 3.05) is 0 Å². The third-order valence-corrected chi connectivity index (χ3v) is 4.17. The summed E-state index contributed by atoms with van der Waals surface area (Å²) in [5.74, 6) is 5.60. The Balaban J connectivity index is 2.40. The molecule has 1 aromatic carbocycles. The smallest absolute Gasteiger partial charge is 0.0817 e. The summed E-state index contributed by atoms with van der Waals surface area (Å²) >= 11 is 11.1. The number of hydrazine groups is 1. The Morgan fingerprint density at radius 1 is 1.38 bits per heavy atom. The largest absolute Gasteiger partial charge is 0.271 e. The lowest BCUT2D eigenvalue weighted by atomic mass is 10.1. The molecule has 0 aliphatic carbocycles. The summed E-state index contributed by atoms with van der Waals surface area (Å²) in [6, 6.07) is 9.82. The van der Waals surface area contributed by atoms with E-state index in [2.05, 4.69) is 21.4 Å². The van der Waals surface area contributed by atoms with Crippen molar-refractivity contribution >= 4 is 38.9 Å². The van der Waals surface area contributed by atoms with Crippen LogP contribution < -0.4 is 11.3 Å². The minimum atomic E-state index is -0.0648. The molecule has 0 aliphatic heterocycles. The van der Waals surface area contributed by atoms with Gasteiger partial charge in [-0.25, -0.2) is 5.43 Å². The van der Waals surface area contributed by atoms with Gasteiger partial charge in [0.05, 0.1) is 11.1 Å². The molecule has 2 aromatic rings. The van der Waals surface area contributed by atoms with Gasteiger partial charge in [0.15, 0.2) is 0 Å². The Hall–Kier alpha value is -0.390. The van der Waals surface area contributed by atoms with Crippen molar-refractivity contribution in [1.82, 2.24) is 5.43 Å². The maximum atomic E-state index is 6.11. The molecule has 1 aromatic heterocycles. The van der Waals surface area contributed by atoms with E-state index in [4.69, 9.17) is 17.4 Å². The number of benzene rings is 1. The monoisotopic (exact) mass is 316 g/mol. The van der Waals surface area contributed by atoms with Crippen molar-refractivity contribution in [2.45, 2.75) is 6.04 Å². The molecule has 0 fully saturated rings. The van der Waals surface area contributed by atoms with Gasteiger partial charge in [-0.15, -0.1) is 11.3 Å². The van der Waals surface area contributed by atoms with Gasteiger partial charge in [-0.05, 0) is 29.1 Å². The van der Waals surface area contributed by atoms with E-state index >= 15 is 0 Å². The van der Waals surface area contributed by atoms with Crippen molar-refractivity contribution in [2.24, 2.45) is 5.84 Å². The van der Waals surface area contributed by atoms with Gasteiger partial charge in [0.2, 0.25) is 0 Å². The van der Waals surface area contributed by atoms with Gasteiger partial charge in [-0.2, -0.15) is 0 Å². The first-order valence-electron chi connectivity index (χ1n) is 4.67. The van der Waals surface area contributed by atoms with Gasteiger partial charge in [0, 0.05) is 9.35 Å². The SMILES string of the molecule is NNC(c1cccc(Br)c1)c1sccc1Cl. The van der Waals surface area contributed by atoms with Crippen LogP contribution in [0.1, 0.15) is 16.5 Å². The zero-order valence-electron chi connectivity index (χ0n) is 8.28. The van der Waals surface area contributed by atoms with Gasteiger partial charge in [-0.3, -0.25) is 5.84 Å². The highest BCUT2D eigenvalue weighted by Gasteiger charge is 2.16. The molecular weight excluding hydrogens is 308 g/mol. The summed E-state index contributed by atoms with van der Waals surface area (Å²) in [5.41, 5.74) is 3.88. The van der Waals surface area contributed by atoms with Crippen LogP contribution in [0.5, 0.6) is 0 Å². The van der Waals surface area contributed by atoms with Gasteiger partial charge >= 0.3 is 0 Å². The van der Waals surface area contributed by atoms with Crippen LogP contribution in [0.3, 0.4) is 0 Å². The number of halogens is 2. The fourth-order valence-electron chi connectivity index (χ4n) is 1.52. The van der Waals surface area contributed by atoms with E-state index in [1.54, 1.807) is 11.3 Å². The van der Waals surface area contributed by atoms with Crippen molar-refractivity contribution < 1.29 is 0 Å². The number of nitrogens with two attached hydrogens (primary N) is 1. The number of nitrogens with one attached hydrogen (secondary N) is 1. The number of thiophene rings is 1. The first-order valence-corrected chi connectivity index (χ1v) is 6.72. The Kier molecular flexibility index (Phi) is 4.00. The van der Waals surface area contributed by atoms with E-state index in [0.29, 0.717) is 0 Å². The summed E-state index contributed by atoms with van der Waals surface area (Å²) in [6.45, 7) is 0. The van der Waals surface area contributed by atoms with Crippen molar-refractivity contribution in [3.8, 4) is 0 Å². The van der Waals surface area contributed by atoms with E-state index in [0.717, 1.165) is 19.9 Å². The predicted molar refractivity (Wildman–Crippen MR) is 72.6 cm³/mol. The fraction of sp³-hybridized carbons (Fsp3) is 0.0909. The number of hydrogen-bond acceptors (Lipinski definition) is 3. The summed E-state index contributed by atoms with van der Waals surface area (Å²) in [6.07, 6.45) is 0. The summed E-state index contributed by atoms with van der Waals surface area (Å²) in [5, 5.41) is 2.70. The zero-order valence-corrected chi connectivity index (χ0v) is 11.4. The molecule has 0 aliphatic rings. The quantitative estimate of drug-likeness (QED) is 0.669. The lowest BCUT2D eigenvalue weighted by Gasteiger charge is -2.15. The highest BCUT2D eigenvalue weighted by molar-refractivity contribution is 9.10. The zero-order chi connectivity index (χ0) is 11.5. The second kappa shape index (κ2) is 5.29. The predicted octanol–water partition coefficient (Wildman–Crippen LogP) is 3.72. The van der Waals surface area contributed by atoms with Crippen molar-refractivity contribution in [3.63, 3.8) is 0 Å². The summed E-state index contributed by atoms with van der Waals surface area (Å²) < 4.78 is 1.03. The third kappa shape index (κ3) is 2.47. The fourth-order valence-corrected chi connectivity index (χ4v) is 3.19. The first kappa shape index (κ1) is 12.1. The maximum Gasteiger partial charge on any atom is 0.0817 e. The molecule has 0 spiro atoms. The molecule has 84 valence electrons. The van der Waals surface area contributed by atoms with Gasteiger partial charge < -0.3 is 0 Å². The van der Waals surface area contributed by atoms with E-state index < -0.39 is 0 Å². The van der Waals surface area contributed by atoms with Crippen LogP contribution in [-0.2, 0) is 0 Å². The normalized spacial score (nSPS) is 12.7. The molecule has 16 heavy (non-hydrogen) atoms. The topological polar surface area (TPSA) is 38.0 Å². The third-order valence-electron chi connectivity index (χ3n) is 2.26. The first-order chi connectivity index (χ1) is 7.72. The Morgan fingerprint density at radius 2 is 2.19 bits per heavy atom. The maximum absolute atomic E-state index is 6.11. The van der Waals surface area contributed by atoms with Crippen LogP contribution in [0.2, 0.25) is 5.02 Å². The van der Waals surface area contributed by atoms with Crippen LogP contribution in [-0.4, -0.2) is 0 Å². The molecule has 0 bridgehead atoms. The molecule has 0 radical (unpaired) electrons. The summed E-state index contributed by atoms with van der Waals surface area (Å²) in [7, 11) is 0. The molecule has 5 heteroatoms. The number of hydrogen-bond donors (Lipinski definition) is 2. The van der Waals surface area contributed by atoms with Crippen LogP contribution in [0, 0.1) is 0 Å². The van der Waals surface area contributed by atoms with Crippen LogP contribution in [0.4, 0.5) is 0 Å². The van der Waals surface area contributed by atoms with E-state index in [1.165, 1.54) is 0 Å². The van der Waals surface area contributed by atoms with Crippen molar-refractivity contribution in [3.05, 3.63) is 55.6 Å². The number of rotatable bonds is 3. The minimum Gasteiger partial charge on any atom is -0.271 e. The Morgan fingerprint density at radius 3 is 2.75 bits per heavy atom. The Bertz CT molecular complexity index is 486. The van der Waals surface area contributed by atoms with E-state index in [9.17, 15) is 0 Å². The average molecular weight is 318 g/mol.